The molecule has 0 spiro atoms. The summed E-state index contributed by atoms with van der Waals surface area (Å²) in [7, 11) is 0. The van der Waals surface area contributed by atoms with Crippen molar-refractivity contribution in [1.29, 1.82) is 0 Å². The van der Waals surface area contributed by atoms with Crippen molar-refractivity contribution in [1.82, 2.24) is 40.4 Å². The van der Waals surface area contributed by atoms with Crippen molar-refractivity contribution in [2.75, 3.05) is 6.61 Å². The van der Waals surface area contributed by atoms with Gasteiger partial charge in [0.15, 0.2) is 11.6 Å². The fourth-order valence-corrected chi connectivity index (χ4v) is 4.26. The highest BCUT2D eigenvalue weighted by molar-refractivity contribution is 4.91. The number of ether oxygens (including phenoxy) is 1. The Morgan fingerprint density at radius 2 is 1.44 bits per heavy atom. The van der Waals surface area contributed by atoms with E-state index in [1.807, 2.05) is 4.68 Å². The van der Waals surface area contributed by atoms with Crippen LogP contribution in [0.4, 0.5) is 0 Å². The minimum absolute atomic E-state index is 0.116. The molecule has 0 saturated heterocycles. The second-order valence-corrected chi connectivity index (χ2v) is 7.64. The summed E-state index contributed by atoms with van der Waals surface area (Å²) in [5.74, 6) is 1.19. The number of aromatic nitrogens is 8. The lowest BCUT2D eigenvalue weighted by Crippen LogP contribution is -2.21. The van der Waals surface area contributed by atoms with Gasteiger partial charge >= 0.3 is 0 Å². The highest BCUT2D eigenvalue weighted by atomic mass is 16.5. The van der Waals surface area contributed by atoms with Crippen LogP contribution in [0.5, 0.6) is 0 Å². The van der Waals surface area contributed by atoms with Gasteiger partial charge in [0.05, 0.1) is 18.7 Å². The number of nitrogens with zero attached hydrogens (tertiary/aromatic N) is 8. The average Bonchev–Trinajstić information content (AvgIpc) is 3.39. The number of hydrogen-bond donors (Lipinski definition) is 1. The number of tetrazole rings is 2. The standard InChI is InChI=1S/C17H28N8O2/c26-15(17-19-21-23-25(17)14-9-5-2-6-10-14)11-27-12-16-18-20-22-24(16)13-7-3-1-4-8-13/h13-15,26H,1-12H2. The third-order valence-electron chi connectivity index (χ3n) is 5.73. The topological polar surface area (TPSA) is 117 Å². The van der Waals surface area contributed by atoms with Gasteiger partial charge in [-0.1, -0.05) is 38.5 Å². The molecule has 2 aromatic rings. The van der Waals surface area contributed by atoms with Gasteiger partial charge in [0.1, 0.15) is 12.7 Å². The minimum Gasteiger partial charge on any atom is -0.383 e. The van der Waals surface area contributed by atoms with Gasteiger partial charge in [-0.05, 0) is 46.5 Å². The summed E-state index contributed by atoms with van der Waals surface area (Å²) >= 11 is 0. The smallest absolute Gasteiger partial charge is 0.182 e. The summed E-state index contributed by atoms with van der Waals surface area (Å²) in [4.78, 5) is 0. The van der Waals surface area contributed by atoms with Crippen LogP contribution in [-0.4, -0.2) is 52.1 Å². The Hall–Kier alpha value is -1.94. The van der Waals surface area contributed by atoms with Crippen molar-refractivity contribution in [2.24, 2.45) is 0 Å². The van der Waals surface area contributed by atoms with E-state index in [-0.39, 0.29) is 19.3 Å². The number of aliphatic hydroxyl groups is 1. The van der Waals surface area contributed by atoms with Crippen molar-refractivity contribution in [3.8, 4) is 0 Å². The summed E-state index contributed by atoms with van der Waals surface area (Å²) in [5, 5.41) is 34.4. The molecule has 10 heteroatoms. The maximum absolute atomic E-state index is 10.5. The van der Waals surface area contributed by atoms with Crippen LogP contribution >= 0.6 is 0 Å². The van der Waals surface area contributed by atoms with Gasteiger partial charge in [0.2, 0.25) is 0 Å². The van der Waals surface area contributed by atoms with Gasteiger partial charge < -0.3 is 9.84 Å². The molecule has 2 heterocycles. The molecule has 0 bridgehead atoms. The maximum Gasteiger partial charge on any atom is 0.182 e. The molecule has 1 unspecified atom stereocenters. The summed E-state index contributed by atoms with van der Waals surface area (Å²) in [5.41, 5.74) is 0. The highest BCUT2D eigenvalue weighted by Gasteiger charge is 2.25. The highest BCUT2D eigenvalue weighted by Crippen LogP contribution is 2.30. The Labute approximate surface area is 158 Å². The van der Waals surface area contributed by atoms with Crippen LogP contribution in [0, 0.1) is 0 Å². The van der Waals surface area contributed by atoms with Crippen LogP contribution in [0.1, 0.15) is 94.0 Å². The van der Waals surface area contributed by atoms with Gasteiger partial charge in [-0.15, -0.1) is 10.2 Å². The first-order valence-electron chi connectivity index (χ1n) is 10.1. The lowest BCUT2D eigenvalue weighted by molar-refractivity contribution is 0.0155. The zero-order chi connectivity index (χ0) is 18.5. The third-order valence-corrected chi connectivity index (χ3v) is 5.73. The molecule has 2 aromatic heterocycles. The SMILES string of the molecule is OC(COCc1nnnn1C1CCCCC1)c1nnnn1C1CCCCC1. The van der Waals surface area contributed by atoms with Crippen LogP contribution < -0.4 is 0 Å². The van der Waals surface area contributed by atoms with E-state index in [0.29, 0.717) is 17.7 Å². The third kappa shape index (κ3) is 4.32. The first kappa shape index (κ1) is 18.4. The summed E-state index contributed by atoms with van der Waals surface area (Å²) in [6, 6.07) is 0.632. The summed E-state index contributed by atoms with van der Waals surface area (Å²) in [6.07, 6.45) is 10.8. The molecule has 2 fully saturated rings. The monoisotopic (exact) mass is 376 g/mol. The van der Waals surface area contributed by atoms with Crippen molar-refractivity contribution in [2.45, 2.75) is 89.0 Å². The van der Waals surface area contributed by atoms with Crippen molar-refractivity contribution < 1.29 is 9.84 Å². The molecular formula is C17H28N8O2. The van der Waals surface area contributed by atoms with Crippen molar-refractivity contribution in [3.63, 3.8) is 0 Å². The van der Waals surface area contributed by atoms with Crippen LogP contribution in [0.25, 0.3) is 0 Å². The van der Waals surface area contributed by atoms with Gasteiger partial charge in [0, 0.05) is 0 Å². The minimum atomic E-state index is -0.860. The molecule has 1 atom stereocenters. The van der Waals surface area contributed by atoms with Crippen molar-refractivity contribution >= 4 is 0 Å². The first-order chi connectivity index (χ1) is 13.3. The van der Waals surface area contributed by atoms with E-state index in [9.17, 15) is 5.11 Å². The van der Waals surface area contributed by atoms with Gasteiger partial charge in [-0.25, -0.2) is 9.36 Å². The van der Waals surface area contributed by atoms with E-state index in [1.165, 1.54) is 38.5 Å². The van der Waals surface area contributed by atoms with Crippen LogP contribution in [0.3, 0.4) is 0 Å². The Bertz CT molecular complexity index is 705. The molecule has 2 aliphatic carbocycles. The fourth-order valence-electron chi connectivity index (χ4n) is 4.26. The van der Waals surface area contributed by atoms with Gasteiger partial charge in [-0.3, -0.25) is 0 Å². The van der Waals surface area contributed by atoms with E-state index >= 15 is 0 Å². The number of rotatable bonds is 7. The predicted octanol–water partition coefficient (Wildman–Crippen LogP) is 1.92. The number of aliphatic hydroxyl groups excluding tert-OH is 1. The largest absolute Gasteiger partial charge is 0.383 e. The quantitative estimate of drug-likeness (QED) is 0.779. The Morgan fingerprint density at radius 3 is 2.15 bits per heavy atom. The molecule has 148 valence electrons. The molecule has 2 aliphatic rings. The average molecular weight is 376 g/mol. The van der Waals surface area contributed by atoms with Crippen LogP contribution in [0.15, 0.2) is 0 Å². The summed E-state index contributed by atoms with van der Waals surface area (Å²) in [6.45, 7) is 0.385. The van der Waals surface area contributed by atoms with Gasteiger partial charge in [-0.2, -0.15) is 0 Å². The van der Waals surface area contributed by atoms with E-state index in [4.69, 9.17) is 4.74 Å². The molecule has 1 N–H and O–H groups in total. The van der Waals surface area contributed by atoms with E-state index in [1.54, 1.807) is 4.68 Å². The van der Waals surface area contributed by atoms with Crippen molar-refractivity contribution in [3.05, 3.63) is 11.6 Å². The predicted molar refractivity (Wildman–Crippen MR) is 94.5 cm³/mol. The molecule has 0 aromatic carbocycles. The molecular weight excluding hydrogens is 348 g/mol. The second-order valence-electron chi connectivity index (χ2n) is 7.64. The number of hydrogen-bond acceptors (Lipinski definition) is 8. The Balaban J connectivity index is 1.32. The molecule has 0 aliphatic heterocycles. The lowest BCUT2D eigenvalue weighted by Gasteiger charge is -2.23. The lowest BCUT2D eigenvalue weighted by atomic mass is 9.95. The Morgan fingerprint density at radius 1 is 0.852 bits per heavy atom. The fraction of sp³-hybridized carbons (Fsp3) is 0.882. The van der Waals surface area contributed by atoms with Crippen LogP contribution in [0.2, 0.25) is 0 Å². The molecule has 0 amide bonds. The molecule has 10 nitrogen and oxygen atoms in total. The Kier molecular flexibility index (Phi) is 6.03. The molecule has 27 heavy (non-hydrogen) atoms. The molecule has 4 rings (SSSR count). The zero-order valence-electron chi connectivity index (χ0n) is 15.7. The van der Waals surface area contributed by atoms with Gasteiger partial charge in [0.25, 0.3) is 0 Å². The van der Waals surface area contributed by atoms with E-state index in [2.05, 4.69) is 31.1 Å². The molecule has 2 saturated carbocycles. The zero-order valence-corrected chi connectivity index (χ0v) is 15.7. The first-order valence-corrected chi connectivity index (χ1v) is 10.1. The normalized spacial score (nSPS) is 20.8. The maximum atomic E-state index is 10.5. The van der Waals surface area contributed by atoms with Crippen LogP contribution in [-0.2, 0) is 11.3 Å². The van der Waals surface area contributed by atoms with E-state index in [0.717, 1.165) is 25.7 Å². The molecule has 0 radical (unpaired) electrons. The summed E-state index contributed by atoms with van der Waals surface area (Å²) < 4.78 is 9.38. The van der Waals surface area contributed by atoms with E-state index < -0.39 is 6.10 Å². The second kappa shape index (κ2) is 8.83.